The van der Waals surface area contributed by atoms with Crippen LogP contribution in [0.15, 0.2) is 59.8 Å². The Hall–Kier alpha value is -3.19. The van der Waals surface area contributed by atoms with Crippen molar-refractivity contribution in [2.75, 3.05) is 19.1 Å². The lowest BCUT2D eigenvalue weighted by molar-refractivity contribution is -0.136. The van der Waals surface area contributed by atoms with Crippen LogP contribution in [-0.2, 0) is 14.3 Å². The average molecular weight is 410 g/mol. The molecule has 6 nitrogen and oxygen atoms in total. The van der Waals surface area contributed by atoms with Crippen LogP contribution in [0.5, 0.6) is 0 Å². The lowest BCUT2D eigenvalue weighted by atomic mass is 9.91. The molecule has 7 heteroatoms. The molecule has 2 aromatic carbocycles. The van der Waals surface area contributed by atoms with Crippen molar-refractivity contribution >= 4 is 35.0 Å². The van der Waals surface area contributed by atoms with E-state index in [2.05, 4.69) is 5.32 Å². The van der Waals surface area contributed by atoms with Crippen molar-refractivity contribution < 1.29 is 19.1 Å². The largest absolute Gasteiger partial charge is 0.466 e. The summed E-state index contributed by atoms with van der Waals surface area (Å²) in [5.41, 5.74) is 3.85. The second-order valence-corrected chi connectivity index (χ2v) is 7.01. The highest BCUT2D eigenvalue weighted by atomic mass is 32.1. The number of nitrogens with one attached hydrogen (secondary N) is 1. The van der Waals surface area contributed by atoms with Crippen molar-refractivity contribution in [3.63, 3.8) is 0 Å². The van der Waals surface area contributed by atoms with Crippen LogP contribution in [0.25, 0.3) is 0 Å². The Morgan fingerprint density at radius 3 is 2.34 bits per heavy atom. The normalized spacial score (nSPS) is 16.3. The number of carbonyl (C=O) groups excluding carboxylic acids is 2. The molecule has 150 valence electrons. The first kappa shape index (κ1) is 20.5. The fourth-order valence-electron chi connectivity index (χ4n) is 3.47. The molecule has 1 heterocycles. The molecule has 1 unspecified atom stereocenters. The van der Waals surface area contributed by atoms with Crippen molar-refractivity contribution in [3.05, 3.63) is 76.5 Å². The van der Waals surface area contributed by atoms with Gasteiger partial charge in [0.1, 0.15) is 0 Å². The maximum Gasteiger partial charge on any atom is 0.338 e. The number of carbonyl (C=O) groups is 2. The Morgan fingerprint density at radius 2 is 1.69 bits per heavy atom. The summed E-state index contributed by atoms with van der Waals surface area (Å²) in [6.45, 7) is 3.80. The highest BCUT2D eigenvalue weighted by molar-refractivity contribution is 7.80. The maximum absolute atomic E-state index is 12.8. The SMILES string of the molecule is COC(=O)C1=C(C)N(c2cccc(C)c2)C(=S)NC1c1ccccc1C(=O)OC. The minimum Gasteiger partial charge on any atom is -0.466 e. The Bertz CT molecular complexity index is 1020. The number of aryl methyl sites for hydroxylation is 1. The van der Waals surface area contributed by atoms with Gasteiger partial charge in [-0.2, -0.15) is 0 Å². The standard InChI is InChI=1S/C22H22N2O4S/c1-13-8-7-9-15(12-13)24-14(2)18(21(26)28-4)19(23-22(24)29)16-10-5-6-11-17(16)20(25)27-3/h5-12,19H,1-4H3,(H,23,29). The summed E-state index contributed by atoms with van der Waals surface area (Å²) in [5, 5.41) is 3.63. The van der Waals surface area contributed by atoms with Gasteiger partial charge < -0.3 is 14.8 Å². The second-order valence-electron chi connectivity index (χ2n) is 6.63. The summed E-state index contributed by atoms with van der Waals surface area (Å²) in [7, 11) is 2.65. The number of benzene rings is 2. The molecular weight excluding hydrogens is 388 g/mol. The summed E-state index contributed by atoms with van der Waals surface area (Å²) in [6.07, 6.45) is 0. The number of anilines is 1. The van der Waals surface area contributed by atoms with E-state index in [1.807, 2.05) is 38.1 Å². The monoisotopic (exact) mass is 410 g/mol. The van der Waals surface area contributed by atoms with Gasteiger partial charge in [0.05, 0.1) is 31.4 Å². The lowest BCUT2D eigenvalue weighted by Gasteiger charge is -2.38. The smallest absolute Gasteiger partial charge is 0.338 e. The summed E-state index contributed by atoms with van der Waals surface area (Å²) in [5.74, 6) is -0.990. The van der Waals surface area contributed by atoms with Gasteiger partial charge in [0, 0.05) is 11.4 Å². The fourth-order valence-corrected chi connectivity index (χ4v) is 3.83. The molecule has 0 aromatic heterocycles. The quantitative estimate of drug-likeness (QED) is 0.609. The summed E-state index contributed by atoms with van der Waals surface area (Å²) < 4.78 is 9.96. The lowest BCUT2D eigenvalue weighted by Crippen LogP contribution is -2.48. The van der Waals surface area contributed by atoms with Crippen LogP contribution in [0.4, 0.5) is 5.69 Å². The summed E-state index contributed by atoms with van der Waals surface area (Å²) >= 11 is 5.63. The average Bonchev–Trinajstić information content (AvgIpc) is 2.72. The minimum absolute atomic E-state index is 0.355. The van der Waals surface area contributed by atoms with Gasteiger partial charge in [-0.25, -0.2) is 9.59 Å². The molecule has 29 heavy (non-hydrogen) atoms. The molecule has 0 aliphatic carbocycles. The van der Waals surface area contributed by atoms with Gasteiger partial charge >= 0.3 is 11.9 Å². The van der Waals surface area contributed by atoms with E-state index in [1.54, 1.807) is 29.2 Å². The number of allylic oxidation sites excluding steroid dienone is 1. The highest BCUT2D eigenvalue weighted by Gasteiger charge is 2.36. The van der Waals surface area contributed by atoms with Crippen LogP contribution < -0.4 is 10.2 Å². The van der Waals surface area contributed by atoms with Crippen LogP contribution in [0.2, 0.25) is 0 Å². The van der Waals surface area contributed by atoms with E-state index in [-0.39, 0.29) is 0 Å². The van der Waals surface area contributed by atoms with Gasteiger partial charge in [0.15, 0.2) is 5.11 Å². The van der Waals surface area contributed by atoms with Crippen molar-refractivity contribution in [1.82, 2.24) is 5.32 Å². The third-order valence-corrected chi connectivity index (χ3v) is 5.13. The number of thiocarbonyl (C=S) groups is 1. The maximum atomic E-state index is 12.8. The number of nitrogens with zero attached hydrogens (tertiary/aromatic N) is 1. The van der Waals surface area contributed by atoms with Gasteiger partial charge in [-0.15, -0.1) is 0 Å². The van der Waals surface area contributed by atoms with Gasteiger partial charge in [0.2, 0.25) is 0 Å². The van der Waals surface area contributed by atoms with Crippen molar-refractivity contribution in [2.24, 2.45) is 0 Å². The molecule has 1 aliphatic rings. The Balaban J connectivity index is 2.20. The molecule has 0 amide bonds. The predicted molar refractivity (Wildman–Crippen MR) is 115 cm³/mol. The molecule has 0 fully saturated rings. The summed E-state index contributed by atoms with van der Waals surface area (Å²) in [4.78, 5) is 26.8. The van der Waals surface area contributed by atoms with E-state index < -0.39 is 18.0 Å². The zero-order valence-corrected chi connectivity index (χ0v) is 17.5. The van der Waals surface area contributed by atoms with Gasteiger partial charge in [0.25, 0.3) is 0 Å². The Labute approximate surface area is 175 Å². The van der Waals surface area contributed by atoms with Crippen LogP contribution >= 0.6 is 12.2 Å². The number of esters is 2. The van der Waals surface area contributed by atoms with Crippen LogP contribution in [0, 0.1) is 6.92 Å². The van der Waals surface area contributed by atoms with Crippen molar-refractivity contribution in [3.8, 4) is 0 Å². The molecule has 0 saturated heterocycles. The number of hydrogen-bond acceptors (Lipinski definition) is 5. The van der Waals surface area contributed by atoms with Crippen LogP contribution in [0.3, 0.4) is 0 Å². The number of rotatable bonds is 4. The van der Waals surface area contributed by atoms with Crippen LogP contribution in [0.1, 0.15) is 34.5 Å². The molecule has 0 bridgehead atoms. The van der Waals surface area contributed by atoms with Crippen LogP contribution in [-0.4, -0.2) is 31.3 Å². The molecule has 1 atom stereocenters. The number of ether oxygens (including phenoxy) is 2. The molecule has 1 aliphatic heterocycles. The molecule has 0 radical (unpaired) electrons. The van der Waals surface area contributed by atoms with E-state index >= 15 is 0 Å². The Morgan fingerprint density at radius 1 is 1.00 bits per heavy atom. The molecule has 0 spiro atoms. The van der Waals surface area contributed by atoms with E-state index in [9.17, 15) is 9.59 Å². The van der Waals surface area contributed by atoms with Gasteiger partial charge in [-0.1, -0.05) is 30.3 Å². The third-order valence-electron chi connectivity index (χ3n) is 4.83. The second kappa shape index (κ2) is 8.45. The zero-order chi connectivity index (χ0) is 21.1. The number of methoxy groups -OCH3 is 2. The first-order valence-corrected chi connectivity index (χ1v) is 9.43. The predicted octanol–water partition coefficient (Wildman–Crippen LogP) is 3.66. The van der Waals surface area contributed by atoms with E-state index in [0.29, 0.717) is 27.5 Å². The van der Waals surface area contributed by atoms with Crippen molar-refractivity contribution in [2.45, 2.75) is 19.9 Å². The first-order chi connectivity index (χ1) is 13.9. The van der Waals surface area contributed by atoms with E-state index in [0.717, 1.165) is 11.3 Å². The van der Waals surface area contributed by atoms with Crippen molar-refractivity contribution in [1.29, 1.82) is 0 Å². The third kappa shape index (κ3) is 3.86. The fraction of sp³-hybridized carbons (Fsp3) is 0.227. The topological polar surface area (TPSA) is 67.9 Å². The first-order valence-electron chi connectivity index (χ1n) is 9.02. The zero-order valence-electron chi connectivity index (χ0n) is 16.7. The molecule has 3 rings (SSSR count). The highest BCUT2D eigenvalue weighted by Crippen LogP contribution is 2.35. The molecule has 1 N–H and O–H groups in total. The minimum atomic E-state index is -0.647. The Kier molecular flexibility index (Phi) is 5.98. The molecular formula is C22H22N2O4S. The van der Waals surface area contributed by atoms with Gasteiger partial charge in [-0.05, 0) is 55.4 Å². The molecule has 2 aromatic rings. The van der Waals surface area contributed by atoms with E-state index in [4.69, 9.17) is 21.7 Å². The number of hydrogen-bond donors (Lipinski definition) is 1. The van der Waals surface area contributed by atoms with E-state index in [1.165, 1.54) is 14.2 Å². The van der Waals surface area contributed by atoms with Gasteiger partial charge in [-0.3, -0.25) is 4.90 Å². The molecule has 0 saturated carbocycles. The summed E-state index contributed by atoms with van der Waals surface area (Å²) in [6, 6.07) is 14.1.